The monoisotopic (exact) mass is 283 g/mol. The van der Waals surface area contributed by atoms with E-state index in [2.05, 4.69) is 17.2 Å². The van der Waals surface area contributed by atoms with E-state index in [1.807, 2.05) is 24.3 Å². The Morgan fingerprint density at radius 2 is 2.05 bits per heavy atom. The lowest BCUT2D eigenvalue weighted by atomic mass is 9.96. The third kappa shape index (κ3) is 3.26. The number of nitrogens with two attached hydrogens (primary N) is 1. The molecule has 0 aliphatic carbocycles. The molecule has 1 aromatic carbocycles. The summed E-state index contributed by atoms with van der Waals surface area (Å²) in [6.07, 6.45) is 2.06. The Balaban J connectivity index is 1.68. The Labute approximate surface area is 125 Å². The molecule has 0 radical (unpaired) electrons. The highest BCUT2D eigenvalue weighted by atomic mass is 16.2. The predicted molar refractivity (Wildman–Crippen MR) is 82.2 cm³/mol. The highest BCUT2D eigenvalue weighted by Crippen LogP contribution is 2.24. The summed E-state index contributed by atoms with van der Waals surface area (Å²) in [5.41, 5.74) is 8.44. The Morgan fingerprint density at radius 3 is 2.86 bits per heavy atom. The molecule has 2 aliphatic heterocycles. The molecule has 3 rings (SSSR count). The maximum atomic E-state index is 12.3. The first-order valence-electron chi connectivity index (χ1n) is 7.58. The van der Waals surface area contributed by atoms with Crippen LogP contribution in [0.5, 0.6) is 0 Å². The second kappa shape index (κ2) is 6.30. The second-order valence-corrected chi connectivity index (χ2v) is 5.78. The number of nitrogens with one attached hydrogen (secondary N) is 1. The molecule has 1 atom stereocenters. The van der Waals surface area contributed by atoms with E-state index in [1.54, 1.807) is 4.90 Å². The van der Waals surface area contributed by atoms with E-state index >= 15 is 0 Å². The summed E-state index contributed by atoms with van der Waals surface area (Å²) in [5.74, 6) is 6.21. The minimum atomic E-state index is -0.111. The van der Waals surface area contributed by atoms with Crippen molar-refractivity contribution < 1.29 is 4.79 Å². The topological polar surface area (TPSA) is 58.4 Å². The Hall–Kier alpha value is -1.83. The Kier molecular flexibility index (Phi) is 4.23. The summed E-state index contributed by atoms with van der Waals surface area (Å²) in [7, 11) is 0. The molecule has 110 valence electrons. The van der Waals surface area contributed by atoms with Crippen molar-refractivity contribution in [1.29, 1.82) is 0 Å². The van der Waals surface area contributed by atoms with Gasteiger partial charge in [-0.05, 0) is 43.0 Å². The summed E-state index contributed by atoms with van der Waals surface area (Å²) in [6.45, 7) is 3.16. The van der Waals surface area contributed by atoms with Gasteiger partial charge in [0, 0.05) is 25.0 Å². The van der Waals surface area contributed by atoms with Gasteiger partial charge < -0.3 is 16.0 Å². The van der Waals surface area contributed by atoms with Crippen molar-refractivity contribution in [2.45, 2.75) is 25.4 Å². The molecule has 2 heterocycles. The molecule has 1 saturated heterocycles. The second-order valence-electron chi connectivity index (χ2n) is 5.78. The van der Waals surface area contributed by atoms with Crippen LogP contribution in [0.15, 0.2) is 24.3 Å². The van der Waals surface area contributed by atoms with Crippen molar-refractivity contribution in [1.82, 2.24) is 10.2 Å². The molecule has 2 aliphatic rings. The van der Waals surface area contributed by atoms with Crippen LogP contribution in [0.1, 0.15) is 30.0 Å². The Morgan fingerprint density at radius 1 is 1.29 bits per heavy atom. The van der Waals surface area contributed by atoms with E-state index in [0.29, 0.717) is 19.0 Å². The number of fused-ring (bicyclic) bond motifs is 1. The van der Waals surface area contributed by atoms with Gasteiger partial charge in [-0.2, -0.15) is 0 Å². The fourth-order valence-electron chi connectivity index (χ4n) is 3.01. The number of hydrogen-bond donors (Lipinski definition) is 2. The quantitative estimate of drug-likeness (QED) is 0.699. The maximum Gasteiger partial charge on any atom is 0.298 e. The number of benzene rings is 1. The molecule has 21 heavy (non-hydrogen) atoms. The third-order valence-electron chi connectivity index (χ3n) is 4.24. The van der Waals surface area contributed by atoms with Gasteiger partial charge in [-0.15, -0.1) is 0 Å². The zero-order valence-corrected chi connectivity index (χ0v) is 12.1. The minimum Gasteiger partial charge on any atom is -0.326 e. The average molecular weight is 283 g/mol. The first-order valence-corrected chi connectivity index (χ1v) is 7.58. The number of nitrogens with zero attached hydrogens (tertiary/aromatic N) is 1. The number of hydrogen-bond acceptors (Lipinski definition) is 3. The van der Waals surface area contributed by atoms with Gasteiger partial charge in [-0.25, -0.2) is 0 Å². The van der Waals surface area contributed by atoms with Crippen molar-refractivity contribution in [3.63, 3.8) is 0 Å². The van der Waals surface area contributed by atoms with E-state index in [0.717, 1.165) is 37.1 Å². The third-order valence-corrected chi connectivity index (χ3v) is 4.24. The van der Waals surface area contributed by atoms with Crippen molar-refractivity contribution in [2.75, 3.05) is 19.6 Å². The van der Waals surface area contributed by atoms with Crippen LogP contribution in [0, 0.1) is 17.8 Å². The Bertz CT molecular complexity index is 581. The highest BCUT2D eigenvalue weighted by Gasteiger charge is 2.24. The van der Waals surface area contributed by atoms with E-state index in [1.165, 1.54) is 0 Å². The summed E-state index contributed by atoms with van der Waals surface area (Å²) < 4.78 is 0. The van der Waals surface area contributed by atoms with E-state index < -0.39 is 0 Å². The van der Waals surface area contributed by atoms with Gasteiger partial charge in [-0.1, -0.05) is 30.2 Å². The first kappa shape index (κ1) is 14.1. The molecule has 1 aromatic rings. The van der Waals surface area contributed by atoms with Crippen molar-refractivity contribution in [3.05, 3.63) is 35.4 Å². The summed E-state index contributed by atoms with van der Waals surface area (Å²) in [4.78, 5) is 14.0. The van der Waals surface area contributed by atoms with Crippen LogP contribution in [0.3, 0.4) is 0 Å². The number of piperidine rings is 1. The van der Waals surface area contributed by atoms with Crippen molar-refractivity contribution >= 4 is 5.91 Å². The van der Waals surface area contributed by atoms with Gasteiger partial charge >= 0.3 is 0 Å². The fraction of sp³-hybridized carbons (Fsp3) is 0.471. The van der Waals surface area contributed by atoms with Crippen molar-refractivity contribution in [3.8, 4) is 11.8 Å². The van der Waals surface area contributed by atoms with Gasteiger partial charge in [0.2, 0.25) is 0 Å². The molecule has 0 aromatic heterocycles. The van der Waals surface area contributed by atoms with E-state index in [9.17, 15) is 4.79 Å². The number of carbonyl (C=O) groups excluding carboxylic acids is 1. The summed E-state index contributed by atoms with van der Waals surface area (Å²) in [6, 6.07) is 7.95. The van der Waals surface area contributed by atoms with Gasteiger partial charge in [0.15, 0.2) is 0 Å². The molecule has 1 fully saturated rings. The van der Waals surface area contributed by atoms with Crippen LogP contribution in [0.2, 0.25) is 0 Å². The van der Waals surface area contributed by atoms with Crippen LogP contribution in [-0.2, 0) is 11.3 Å². The molecule has 0 spiro atoms. The highest BCUT2D eigenvalue weighted by molar-refractivity contribution is 5.93. The van der Waals surface area contributed by atoms with Crippen LogP contribution in [0.25, 0.3) is 0 Å². The zero-order chi connectivity index (χ0) is 14.7. The average Bonchev–Trinajstić information content (AvgIpc) is 2.53. The lowest BCUT2D eigenvalue weighted by Crippen LogP contribution is -2.40. The summed E-state index contributed by atoms with van der Waals surface area (Å²) >= 11 is 0. The molecule has 0 saturated carbocycles. The number of rotatable bonds is 0. The largest absolute Gasteiger partial charge is 0.326 e. The molecule has 4 nitrogen and oxygen atoms in total. The summed E-state index contributed by atoms with van der Waals surface area (Å²) in [5, 5.41) is 3.30. The maximum absolute atomic E-state index is 12.3. The smallest absolute Gasteiger partial charge is 0.298 e. The molecule has 1 unspecified atom stereocenters. The van der Waals surface area contributed by atoms with Gasteiger partial charge in [0.05, 0.1) is 0 Å². The van der Waals surface area contributed by atoms with Gasteiger partial charge in [0.1, 0.15) is 0 Å². The predicted octanol–water partition coefficient (Wildman–Crippen LogP) is 1.03. The lowest BCUT2D eigenvalue weighted by Gasteiger charge is -2.31. The van der Waals surface area contributed by atoms with Crippen molar-refractivity contribution in [2.24, 2.45) is 11.7 Å². The number of carbonyl (C=O) groups is 1. The number of amides is 1. The minimum absolute atomic E-state index is 0.0986. The van der Waals surface area contributed by atoms with Crippen LogP contribution in [-0.4, -0.2) is 30.4 Å². The van der Waals surface area contributed by atoms with Crippen LogP contribution >= 0.6 is 0 Å². The standard InChI is InChI=1S/C17H21N3O/c18-16-12-20(11-14-3-1-2-4-15(14)16)17(21)6-5-13-7-9-19-10-8-13/h1-4,13,16,19H,7-12,18H2. The first-order chi connectivity index (χ1) is 10.2. The molecule has 4 heteroatoms. The van der Waals surface area contributed by atoms with Crippen LogP contribution in [0.4, 0.5) is 0 Å². The molecule has 0 bridgehead atoms. The molecule has 1 amide bonds. The normalized spacial score (nSPS) is 22.1. The molecular weight excluding hydrogens is 262 g/mol. The molecular formula is C17H21N3O. The van der Waals surface area contributed by atoms with E-state index in [4.69, 9.17) is 5.73 Å². The lowest BCUT2D eigenvalue weighted by molar-refractivity contribution is -0.126. The van der Waals surface area contributed by atoms with Gasteiger partial charge in [0.25, 0.3) is 5.91 Å². The fourth-order valence-corrected chi connectivity index (χ4v) is 3.01. The molecule has 3 N–H and O–H groups in total. The van der Waals surface area contributed by atoms with E-state index in [-0.39, 0.29) is 11.9 Å². The van der Waals surface area contributed by atoms with Crippen LogP contribution < -0.4 is 11.1 Å². The zero-order valence-electron chi connectivity index (χ0n) is 12.1. The van der Waals surface area contributed by atoms with Gasteiger partial charge in [-0.3, -0.25) is 4.79 Å². The SMILES string of the molecule is NC1CN(C(=O)C#CC2CCNCC2)Cc2ccccc21.